The molecule has 2 aliphatic heterocycles. The van der Waals surface area contributed by atoms with Crippen LogP contribution in [0.1, 0.15) is 51.3 Å². The molecule has 1 aromatic carbocycles. The van der Waals surface area contributed by atoms with E-state index in [2.05, 4.69) is 24.3 Å². The minimum Gasteiger partial charge on any atom is -0.311 e. The lowest BCUT2D eigenvalue weighted by Crippen LogP contribution is -2.47. The lowest BCUT2D eigenvalue weighted by atomic mass is 9.72. The first-order valence-electron chi connectivity index (χ1n) is 9.26. The number of halogens is 1. The minimum absolute atomic E-state index is 0.0601. The summed E-state index contributed by atoms with van der Waals surface area (Å²) in [6.07, 6.45) is 1.78. The highest BCUT2D eigenvalue weighted by Gasteiger charge is 2.57. The van der Waals surface area contributed by atoms with Gasteiger partial charge in [-0.3, -0.25) is 9.59 Å². The standard InChI is InChI=1S/C20H23ClN4O2/c1-11(2)10-24-17-13(6-5-7-15(17)21)20(19(24)27)8-16(26)23-18-14(20)9-22-25(18)12(3)4/h5-7,9,11-12H,8,10H2,1-4H3,(H,23,26)/t20-/m1/s1. The quantitative estimate of drug-likeness (QED) is 0.873. The van der Waals surface area contributed by atoms with Gasteiger partial charge < -0.3 is 10.2 Å². The molecule has 6 nitrogen and oxygen atoms in total. The Labute approximate surface area is 163 Å². The molecule has 2 amide bonds. The van der Waals surface area contributed by atoms with E-state index in [9.17, 15) is 9.59 Å². The summed E-state index contributed by atoms with van der Waals surface area (Å²) in [7, 11) is 0. The predicted molar refractivity (Wildman–Crippen MR) is 105 cm³/mol. The van der Waals surface area contributed by atoms with Crippen molar-refractivity contribution in [2.75, 3.05) is 16.8 Å². The molecule has 0 saturated carbocycles. The Bertz CT molecular complexity index is 949. The molecule has 0 aliphatic carbocycles. The van der Waals surface area contributed by atoms with E-state index in [1.807, 2.05) is 26.0 Å². The minimum atomic E-state index is -1.07. The number of anilines is 2. The van der Waals surface area contributed by atoms with E-state index >= 15 is 0 Å². The normalized spacial score (nSPS) is 21.2. The number of fused-ring (bicyclic) bond motifs is 4. The molecule has 1 spiro atoms. The van der Waals surface area contributed by atoms with E-state index in [-0.39, 0.29) is 30.2 Å². The van der Waals surface area contributed by atoms with Gasteiger partial charge in [0.1, 0.15) is 11.2 Å². The van der Waals surface area contributed by atoms with Crippen LogP contribution in [0.3, 0.4) is 0 Å². The number of carbonyl (C=O) groups is 2. The topological polar surface area (TPSA) is 67.2 Å². The average Bonchev–Trinajstić information content (AvgIpc) is 3.10. The molecule has 1 atom stereocenters. The first kappa shape index (κ1) is 18.0. The molecule has 2 aliphatic rings. The van der Waals surface area contributed by atoms with Crippen LogP contribution < -0.4 is 10.2 Å². The molecule has 0 radical (unpaired) electrons. The number of nitrogens with one attached hydrogen (secondary N) is 1. The third-order valence-electron chi connectivity index (χ3n) is 5.30. The SMILES string of the molecule is CC(C)CN1C(=O)[C@]2(CC(=O)Nc3c2cnn3C(C)C)c2cccc(Cl)c21. The van der Waals surface area contributed by atoms with E-state index in [4.69, 9.17) is 11.6 Å². The maximum absolute atomic E-state index is 13.8. The van der Waals surface area contributed by atoms with Gasteiger partial charge in [-0.25, -0.2) is 4.68 Å². The molecule has 1 aromatic heterocycles. The average molecular weight is 387 g/mol. The van der Waals surface area contributed by atoms with Crippen LogP contribution in [0.15, 0.2) is 24.4 Å². The van der Waals surface area contributed by atoms with Crippen LogP contribution in [0.4, 0.5) is 11.5 Å². The lowest BCUT2D eigenvalue weighted by Gasteiger charge is -2.33. The Balaban J connectivity index is 2.01. The van der Waals surface area contributed by atoms with Crippen LogP contribution in [-0.4, -0.2) is 28.1 Å². The number of amides is 2. The number of hydrogen-bond acceptors (Lipinski definition) is 3. The number of hydrogen-bond donors (Lipinski definition) is 1. The van der Waals surface area contributed by atoms with Crippen molar-refractivity contribution in [3.8, 4) is 0 Å². The first-order chi connectivity index (χ1) is 12.8. The third kappa shape index (κ3) is 2.42. The molecule has 0 bridgehead atoms. The molecule has 7 heteroatoms. The Morgan fingerprint density at radius 3 is 2.63 bits per heavy atom. The van der Waals surface area contributed by atoms with Crippen LogP contribution in [0.5, 0.6) is 0 Å². The van der Waals surface area contributed by atoms with E-state index < -0.39 is 5.41 Å². The molecule has 2 aromatic rings. The second-order valence-electron chi connectivity index (χ2n) is 8.02. The molecular weight excluding hydrogens is 364 g/mol. The zero-order valence-electron chi connectivity index (χ0n) is 15.9. The second-order valence-corrected chi connectivity index (χ2v) is 8.43. The van der Waals surface area contributed by atoms with E-state index in [1.165, 1.54) is 0 Å². The van der Waals surface area contributed by atoms with Gasteiger partial charge >= 0.3 is 0 Å². The van der Waals surface area contributed by atoms with Crippen molar-refractivity contribution in [1.82, 2.24) is 9.78 Å². The van der Waals surface area contributed by atoms with Crippen molar-refractivity contribution in [2.45, 2.75) is 45.6 Å². The number of nitrogens with zero attached hydrogens (tertiary/aromatic N) is 3. The molecule has 1 N–H and O–H groups in total. The Kier molecular flexibility index (Phi) is 4.07. The van der Waals surface area contributed by atoms with Gasteiger partial charge in [-0.2, -0.15) is 5.10 Å². The van der Waals surface area contributed by atoms with Crippen molar-refractivity contribution in [3.63, 3.8) is 0 Å². The van der Waals surface area contributed by atoms with E-state index in [1.54, 1.807) is 21.8 Å². The second kappa shape index (κ2) is 6.09. The van der Waals surface area contributed by atoms with Gasteiger partial charge in [0, 0.05) is 24.6 Å². The van der Waals surface area contributed by atoms with Crippen molar-refractivity contribution in [3.05, 3.63) is 40.5 Å². The van der Waals surface area contributed by atoms with E-state index in [0.29, 0.717) is 17.4 Å². The zero-order chi connectivity index (χ0) is 19.5. The van der Waals surface area contributed by atoms with Crippen LogP contribution in [0.25, 0.3) is 0 Å². The van der Waals surface area contributed by atoms with Crippen molar-refractivity contribution < 1.29 is 9.59 Å². The zero-order valence-corrected chi connectivity index (χ0v) is 16.7. The summed E-state index contributed by atoms with van der Waals surface area (Å²) in [5, 5.41) is 7.91. The van der Waals surface area contributed by atoms with Crippen molar-refractivity contribution in [1.29, 1.82) is 0 Å². The van der Waals surface area contributed by atoms with Gasteiger partial charge in [0.2, 0.25) is 11.8 Å². The molecule has 4 rings (SSSR count). The molecule has 142 valence electrons. The van der Waals surface area contributed by atoms with Crippen molar-refractivity contribution in [2.24, 2.45) is 5.92 Å². The van der Waals surface area contributed by atoms with Crippen LogP contribution in [-0.2, 0) is 15.0 Å². The molecule has 0 unspecified atom stereocenters. The summed E-state index contributed by atoms with van der Waals surface area (Å²) in [4.78, 5) is 28.2. The Morgan fingerprint density at radius 2 is 1.96 bits per heavy atom. The number of carbonyl (C=O) groups excluding carboxylic acids is 2. The number of para-hydroxylation sites is 1. The fourth-order valence-corrected chi connectivity index (χ4v) is 4.53. The monoisotopic (exact) mass is 386 g/mol. The van der Waals surface area contributed by atoms with Gasteiger partial charge in [-0.15, -0.1) is 0 Å². The number of aromatic nitrogens is 2. The van der Waals surface area contributed by atoms with E-state index in [0.717, 1.165) is 16.8 Å². The largest absolute Gasteiger partial charge is 0.311 e. The van der Waals surface area contributed by atoms with Gasteiger partial charge in [-0.1, -0.05) is 37.6 Å². The number of benzene rings is 1. The summed E-state index contributed by atoms with van der Waals surface area (Å²) < 4.78 is 1.76. The van der Waals surface area contributed by atoms with Gasteiger partial charge in [0.15, 0.2) is 0 Å². The summed E-state index contributed by atoms with van der Waals surface area (Å²) in [5.41, 5.74) is 1.19. The fourth-order valence-electron chi connectivity index (χ4n) is 4.25. The Morgan fingerprint density at radius 1 is 1.22 bits per heavy atom. The molecular formula is C20H23ClN4O2. The summed E-state index contributed by atoms with van der Waals surface area (Å²) in [6, 6.07) is 5.61. The highest BCUT2D eigenvalue weighted by Crippen LogP contribution is 2.54. The van der Waals surface area contributed by atoms with Crippen LogP contribution in [0.2, 0.25) is 5.02 Å². The number of rotatable bonds is 3. The van der Waals surface area contributed by atoms with Gasteiger partial charge in [0.05, 0.1) is 16.9 Å². The fraction of sp³-hybridized carbons (Fsp3) is 0.450. The molecule has 0 saturated heterocycles. The third-order valence-corrected chi connectivity index (χ3v) is 5.61. The van der Waals surface area contributed by atoms with Crippen molar-refractivity contribution >= 4 is 34.9 Å². The first-order valence-corrected chi connectivity index (χ1v) is 9.64. The van der Waals surface area contributed by atoms with Crippen LogP contribution in [0, 0.1) is 5.92 Å². The van der Waals surface area contributed by atoms with Crippen LogP contribution >= 0.6 is 11.6 Å². The molecule has 27 heavy (non-hydrogen) atoms. The highest BCUT2D eigenvalue weighted by atomic mass is 35.5. The summed E-state index contributed by atoms with van der Waals surface area (Å²) in [6.45, 7) is 8.65. The molecule has 3 heterocycles. The smallest absolute Gasteiger partial charge is 0.242 e. The predicted octanol–water partition coefficient (Wildman–Crippen LogP) is 3.75. The molecule has 0 fully saturated rings. The van der Waals surface area contributed by atoms with Gasteiger partial charge in [-0.05, 0) is 31.4 Å². The maximum atomic E-state index is 13.8. The van der Waals surface area contributed by atoms with Gasteiger partial charge in [0.25, 0.3) is 0 Å². The maximum Gasteiger partial charge on any atom is 0.242 e. The summed E-state index contributed by atoms with van der Waals surface area (Å²) in [5.74, 6) is 0.588. The lowest BCUT2D eigenvalue weighted by molar-refractivity contribution is -0.126. The Hall–Kier alpha value is -2.34. The summed E-state index contributed by atoms with van der Waals surface area (Å²) >= 11 is 6.52. The highest BCUT2D eigenvalue weighted by molar-refractivity contribution is 6.35.